The van der Waals surface area contributed by atoms with Crippen LogP contribution in [0.5, 0.6) is 5.75 Å². The maximum atomic E-state index is 12.9. The number of amides is 2. The van der Waals surface area contributed by atoms with Gasteiger partial charge in [-0.2, -0.15) is 13.2 Å². The molecule has 2 aromatic carbocycles. The van der Waals surface area contributed by atoms with Gasteiger partial charge in [-0.1, -0.05) is 11.6 Å². The van der Waals surface area contributed by atoms with Crippen LogP contribution in [0.25, 0.3) is 0 Å². The molecule has 186 valence electrons. The maximum Gasteiger partial charge on any atom is 0.416 e. The predicted molar refractivity (Wildman–Crippen MR) is 116 cm³/mol. The molecule has 0 bridgehead atoms. The van der Waals surface area contributed by atoms with Crippen LogP contribution in [0.4, 0.5) is 30.2 Å². The second-order valence-electron chi connectivity index (χ2n) is 7.37. The average Bonchev–Trinajstić information content (AvgIpc) is 3.19. The van der Waals surface area contributed by atoms with Crippen LogP contribution in [-0.2, 0) is 25.3 Å². The average molecular weight is 516 g/mol. The molecule has 1 N–H and O–H groups in total. The minimum absolute atomic E-state index is 0.0545. The summed E-state index contributed by atoms with van der Waals surface area (Å²) >= 11 is 5.82. The first-order valence-corrected chi connectivity index (χ1v) is 10.2. The first-order valence-electron chi connectivity index (χ1n) is 9.86. The summed E-state index contributed by atoms with van der Waals surface area (Å²) in [6.45, 7) is -0.955. The van der Waals surface area contributed by atoms with Crippen molar-refractivity contribution in [2.75, 3.05) is 30.5 Å². The molecule has 0 saturated carbocycles. The quantitative estimate of drug-likeness (QED) is 0.337. The summed E-state index contributed by atoms with van der Waals surface area (Å²) in [6, 6.07) is 6.00. The van der Waals surface area contributed by atoms with Gasteiger partial charge in [-0.25, -0.2) is 0 Å². The first kappa shape index (κ1) is 25.7. The van der Waals surface area contributed by atoms with Crippen molar-refractivity contribution in [2.24, 2.45) is 5.92 Å². The first-order chi connectivity index (χ1) is 16.4. The largest absolute Gasteiger partial charge is 0.494 e. The Morgan fingerprint density at radius 3 is 2.60 bits per heavy atom. The van der Waals surface area contributed by atoms with Gasteiger partial charge in [0.25, 0.3) is 11.6 Å². The van der Waals surface area contributed by atoms with Crippen molar-refractivity contribution in [3.8, 4) is 5.75 Å². The number of anilines is 2. The van der Waals surface area contributed by atoms with Gasteiger partial charge in [-0.3, -0.25) is 24.5 Å². The van der Waals surface area contributed by atoms with Crippen molar-refractivity contribution in [3.63, 3.8) is 0 Å². The second kappa shape index (κ2) is 10.2. The van der Waals surface area contributed by atoms with Gasteiger partial charge in [0.05, 0.1) is 46.0 Å². The lowest BCUT2D eigenvalue weighted by atomic mass is 10.1. The Bertz CT molecular complexity index is 1190. The second-order valence-corrected chi connectivity index (χ2v) is 7.77. The zero-order chi connectivity index (χ0) is 25.9. The number of carbonyl (C=O) groups excluding carboxylic acids is 3. The number of esters is 1. The van der Waals surface area contributed by atoms with E-state index in [0.717, 1.165) is 18.2 Å². The number of nitrogens with zero attached hydrogens (tertiary/aromatic N) is 2. The third kappa shape index (κ3) is 5.98. The lowest BCUT2D eigenvalue weighted by molar-refractivity contribution is -0.384. The number of nitrogens with one attached hydrogen (secondary N) is 1. The number of hydrogen-bond acceptors (Lipinski definition) is 7. The number of methoxy groups -OCH3 is 1. The van der Waals surface area contributed by atoms with E-state index in [2.05, 4.69) is 5.32 Å². The van der Waals surface area contributed by atoms with E-state index in [9.17, 15) is 37.7 Å². The van der Waals surface area contributed by atoms with Gasteiger partial charge in [0, 0.05) is 19.0 Å². The van der Waals surface area contributed by atoms with Crippen LogP contribution >= 0.6 is 11.6 Å². The Morgan fingerprint density at radius 2 is 1.97 bits per heavy atom. The Labute approximate surface area is 200 Å². The Hall–Kier alpha value is -3.87. The topological polar surface area (TPSA) is 128 Å². The highest BCUT2D eigenvalue weighted by atomic mass is 35.5. The van der Waals surface area contributed by atoms with Gasteiger partial charge in [0.15, 0.2) is 6.61 Å². The number of ether oxygens (including phenoxy) is 2. The van der Waals surface area contributed by atoms with Gasteiger partial charge >= 0.3 is 12.1 Å². The molecule has 0 unspecified atom stereocenters. The summed E-state index contributed by atoms with van der Waals surface area (Å²) in [4.78, 5) is 48.5. The van der Waals surface area contributed by atoms with Crippen LogP contribution in [0.3, 0.4) is 0 Å². The van der Waals surface area contributed by atoms with Crippen molar-refractivity contribution in [1.29, 1.82) is 0 Å². The predicted octanol–water partition coefficient (Wildman–Crippen LogP) is 3.81. The van der Waals surface area contributed by atoms with Gasteiger partial charge in [0.1, 0.15) is 5.75 Å². The van der Waals surface area contributed by atoms with Crippen LogP contribution in [0.15, 0.2) is 36.4 Å². The minimum Gasteiger partial charge on any atom is -0.494 e. The summed E-state index contributed by atoms with van der Waals surface area (Å²) in [7, 11) is 1.27. The number of halogens is 4. The van der Waals surface area contributed by atoms with Crippen LogP contribution in [0.1, 0.15) is 12.0 Å². The molecular formula is C21H17ClF3N3O7. The summed E-state index contributed by atoms with van der Waals surface area (Å²) in [5.41, 5.74) is -1.37. The van der Waals surface area contributed by atoms with E-state index in [-0.39, 0.29) is 40.8 Å². The lowest BCUT2D eigenvalue weighted by Gasteiger charge is -2.19. The van der Waals surface area contributed by atoms with Gasteiger partial charge in [-0.05, 0) is 24.3 Å². The smallest absolute Gasteiger partial charge is 0.416 e. The number of nitro benzene ring substituents is 1. The molecule has 0 spiro atoms. The normalized spacial score (nSPS) is 15.6. The highest BCUT2D eigenvalue weighted by molar-refractivity contribution is 6.33. The van der Waals surface area contributed by atoms with E-state index >= 15 is 0 Å². The van der Waals surface area contributed by atoms with E-state index in [1.165, 1.54) is 24.1 Å². The van der Waals surface area contributed by atoms with Crippen LogP contribution in [0.2, 0.25) is 5.02 Å². The highest BCUT2D eigenvalue weighted by Gasteiger charge is 2.38. The van der Waals surface area contributed by atoms with Gasteiger partial charge < -0.3 is 19.7 Å². The fourth-order valence-corrected chi connectivity index (χ4v) is 3.50. The lowest BCUT2D eigenvalue weighted by Crippen LogP contribution is -2.28. The van der Waals surface area contributed by atoms with Crippen molar-refractivity contribution in [2.45, 2.75) is 12.6 Å². The number of rotatable bonds is 7. The zero-order valence-electron chi connectivity index (χ0n) is 17.9. The minimum atomic E-state index is -4.65. The standard InChI is InChI=1S/C21H17ClF3N3O7/c1-34-17-8-13(28(32)33)3-5-16(17)27-9-11(6-19(27)30)20(31)35-10-18(29)26-15-7-12(21(23,24)25)2-4-14(15)22/h2-5,7-8,11H,6,9-10H2,1H3,(H,26,29)/t11-/m1/s1. The third-order valence-electron chi connectivity index (χ3n) is 5.04. The number of hydrogen-bond donors (Lipinski definition) is 1. The van der Waals surface area contributed by atoms with Crippen LogP contribution in [-0.4, -0.2) is 43.0 Å². The molecule has 1 heterocycles. The van der Waals surface area contributed by atoms with Crippen molar-refractivity contribution >= 4 is 46.4 Å². The highest BCUT2D eigenvalue weighted by Crippen LogP contribution is 2.36. The molecule has 1 saturated heterocycles. The van der Waals surface area contributed by atoms with Crippen molar-refractivity contribution < 1.29 is 42.0 Å². The van der Waals surface area contributed by atoms with Crippen LogP contribution in [0, 0.1) is 16.0 Å². The molecule has 10 nitrogen and oxygen atoms in total. The Kier molecular flexibility index (Phi) is 7.48. The third-order valence-corrected chi connectivity index (χ3v) is 5.37. The molecule has 1 aliphatic heterocycles. The number of alkyl halides is 3. The van der Waals surface area contributed by atoms with Crippen LogP contribution < -0.4 is 15.0 Å². The Morgan fingerprint density at radius 1 is 1.26 bits per heavy atom. The monoisotopic (exact) mass is 515 g/mol. The SMILES string of the molecule is COc1cc([N+](=O)[O-])ccc1N1C[C@H](C(=O)OCC(=O)Nc2cc(C(F)(F)F)ccc2Cl)CC1=O. The summed E-state index contributed by atoms with van der Waals surface area (Å²) in [5.74, 6) is -3.18. The molecule has 0 aliphatic carbocycles. The van der Waals surface area contributed by atoms with Gasteiger partial charge in [-0.15, -0.1) is 0 Å². The van der Waals surface area contributed by atoms with E-state index in [0.29, 0.717) is 6.07 Å². The zero-order valence-corrected chi connectivity index (χ0v) is 18.7. The molecule has 3 rings (SSSR count). The molecule has 1 fully saturated rings. The molecule has 0 aromatic heterocycles. The molecule has 14 heteroatoms. The Balaban J connectivity index is 1.61. The fraction of sp³-hybridized carbons (Fsp3) is 0.286. The van der Waals surface area contributed by atoms with E-state index < -0.39 is 47.0 Å². The summed E-state index contributed by atoms with van der Waals surface area (Å²) in [5, 5.41) is 12.9. The van der Waals surface area contributed by atoms with E-state index in [1.54, 1.807) is 0 Å². The number of nitro groups is 1. The molecule has 1 aliphatic rings. The van der Waals surface area contributed by atoms with Crippen molar-refractivity contribution in [3.05, 3.63) is 57.1 Å². The summed E-state index contributed by atoms with van der Waals surface area (Å²) in [6.07, 6.45) is -4.90. The molecule has 2 amide bonds. The molecule has 1 atom stereocenters. The number of benzene rings is 2. The van der Waals surface area contributed by atoms with E-state index in [4.69, 9.17) is 21.1 Å². The number of non-ortho nitro benzene ring substituents is 1. The molecule has 2 aromatic rings. The summed E-state index contributed by atoms with van der Waals surface area (Å²) < 4.78 is 48.6. The maximum absolute atomic E-state index is 12.9. The molecule has 35 heavy (non-hydrogen) atoms. The number of carbonyl (C=O) groups is 3. The van der Waals surface area contributed by atoms with Gasteiger partial charge in [0.2, 0.25) is 5.91 Å². The van der Waals surface area contributed by atoms with E-state index in [1.807, 2.05) is 0 Å². The fourth-order valence-electron chi connectivity index (χ4n) is 3.34. The van der Waals surface area contributed by atoms with Crippen molar-refractivity contribution in [1.82, 2.24) is 0 Å². The molecule has 0 radical (unpaired) electrons. The molecular weight excluding hydrogens is 499 g/mol.